The molecular weight excluding hydrogens is 1290 g/mol. The highest BCUT2D eigenvalue weighted by Gasteiger charge is 2.38. The molecule has 0 N–H and O–H groups in total. The monoisotopic (exact) mass is 1360 g/mol. The smallest absolute Gasteiger partial charge is 0.144 e. The normalized spacial score (nSPS) is 13.2. The van der Waals surface area contributed by atoms with Crippen LogP contribution in [0.25, 0.3) is 189 Å². The van der Waals surface area contributed by atoms with Crippen molar-refractivity contribution < 1.29 is 8.83 Å². The minimum absolute atomic E-state index is 0.0885. The number of para-hydroxylation sites is 4. The van der Waals surface area contributed by atoms with E-state index in [0.29, 0.717) is 0 Å². The van der Waals surface area contributed by atoms with Crippen LogP contribution in [0.1, 0.15) is 49.9 Å². The van der Waals surface area contributed by atoms with Crippen LogP contribution in [-0.2, 0) is 10.8 Å². The Balaban J connectivity index is 0.000000136. The summed E-state index contributed by atoms with van der Waals surface area (Å²) in [6.07, 6.45) is 3.60. The summed E-state index contributed by atoms with van der Waals surface area (Å²) >= 11 is 0. The van der Waals surface area contributed by atoms with E-state index in [1.807, 2.05) is 42.5 Å². The first-order valence-electron chi connectivity index (χ1n) is 36.3. The van der Waals surface area contributed by atoms with Gasteiger partial charge in [-0.15, -0.1) is 0 Å². The summed E-state index contributed by atoms with van der Waals surface area (Å²) in [7, 11) is 0. The molecule has 0 spiro atoms. The minimum atomic E-state index is -0.0949. The lowest BCUT2D eigenvalue weighted by Gasteiger charge is -2.21. The van der Waals surface area contributed by atoms with Gasteiger partial charge in [0.1, 0.15) is 22.3 Å². The molecule has 20 aromatic rings. The van der Waals surface area contributed by atoms with Crippen LogP contribution in [0.5, 0.6) is 0 Å². The number of rotatable bonds is 8. The molecule has 8 heteroatoms. The van der Waals surface area contributed by atoms with Crippen molar-refractivity contribution in [2.45, 2.75) is 38.5 Å². The summed E-state index contributed by atoms with van der Waals surface area (Å²) < 4.78 is 18.3. The van der Waals surface area contributed by atoms with Gasteiger partial charge in [0.15, 0.2) is 0 Å². The molecule has 0 saturated carbocycles. The molecule has 0 atom stereocenters. The van der Waals surface area contributed by atoms with E-state index in [0.717, 1.165) is 123 Å². The predicted molar refractivity (Wildman–Crippen MR) is 435 cm³/mol. The van der Waals surface area contributed by atoms with Crippen molar-refractivity contribution >= 4 is 87.5 Å². The molecule has 0 aliphatic heterocycles. The number of hydrogen-bond acceptors (Lipinski definition) is 6. The van der Waals surface area contributed by atoms with Gasteiger partial charge in [0.05, 0.1) is 56.2 Å². The third-order valence-electron chi connectivity index (χ3n) is 22.5. The first kappa shape index (κ1) is 61.1. The molecule has 0 radical (unpaired) electrons. The number of aromatic nitrogens is 6. The van der Waals surface area contributed by atoms with Gasteiger partial charge in [-0.1, -0.05) is 216 Å². The Kier molecular flexibility index (Phi) is 13.5. The number of hydrogen-bond donors (Lipinski definition) is 0. The van der Waals surface area contributed by atoms with E-state index in [1.54, 1.807) is 12.4 Å². The molecule has 8 aromatic heterocycles. The molecule has 0 saturated heterocycles. The van der Waals surface area contributed by atoms with Crippen molar-refractivity contribution in [3.8, 4) is 101 Å². The van der Waals surface area contributed by atoms with Crippen molar-refractivity contribution in [1.29, 1.82) is 0 Å². The largest absolute Gasteiger partial charge is 0.455 e. The van der Waals surface area contributed by atoms with Gasteiger partial charge >= 0.3 is 0 Å². The van der Waals surface area contributed by atoms with Gasteiger partial charge in [-0.05, 0) is 189 Å². The van der Waals surface area contributed by atoms with Crippen molar-refractivity contribution in [2.75, 3.05) is 0 Å². The van der Waals surface area contributed by atoms with Crippen LogP contribution in [0.15, 0.2) is 337 Å². The van der Waals surface area contributed by atoms with Crippen LogP contribution in [0.3, 0.4) is 0 Å². The molecule has 0 amide bonds. The fourth-order valence-corrected chi connectivity index (χ4v) is 17.4. The van der Waals surface area contributed by atoms with E-state index >= 15 is 0 Å². The van der Waals surface area contributed by atoms with E-state index in [4.69, 9.17) is 18.8 Å². The third-order valence-corrected chi connectivity index (χ3v) is 22.5. The second-order valence-corrected chi connectivity index (χ2v) is 29.2. The molecule has 8 nitrogen and oxygen atoms in total. The topological polar surface area (TPSA) is 87.7 Å². The minimum Gasteiger partial charge on any atom is -0.455 e. The molecule has 0 bridgehead atoms. The van der Waals surface area contributed by atoms with Crippen LogP contribution < -0.4 is 0 Å². The van der Waals surface area contributed by atoms with E-state index in [1.165, 1.54) is 88.1 Å². The zero-order valence-corrected chi connectivity index (χ0v) is 58.7. The van der Waals surface area contributed by atoms with Gasteiger partial charge < -0.3 is 18.0 Å². The number of nitrogens with zero attached hydrogens (tertiary/aromatic N) is 6. The van der Waals surface area contributed by atoms with E-state index in [-0.39, 0.29) is 10.8 Å². The molecule has 2 aliphatic rings. The number of fused-ring (bicyclic) bond motifs is 18. The summed E-state index contributed by atoms with van der Waals surface area (Å²) in [6.45, 7) is 9.40. The van der Waals surface area contributed by atoms with Crippen molar-refractivity contribution in [3.63, 3.8) is 0 Å². The zero-order chi connectivity index (χ0) is 70.5. The van der Waals surface area contributed by atoms with Crippen LogP contribution in [0.4, 0.5) is 0 Å². The quantitative estimate of drug-likeness (QED) is 0.151. The second kappa shape index (κ2) is 23.5. The zero-order valence-electron chi connectivity index (χ0n) is 58.7. The Morgan fingerprint density at radius 2 is 0.670 bits per heavy atom. The van der Waals surface area contributed by atoms with Gasteiger partial charge in [-0.2, -0.15) is 0 Å². The summed E-state index contributed by atoms with van der Waals surface area (Å²) in [5.74, 6) is 0. The average Bonchev–Trinajstić information content (AvgIpc) is 1.55. The van der Waals surface area contributed by atoms with Crippen LogP contribution >= 0.6 is 0 Å². The molecule has 106 heavy (non-hydrogen) atoms. The number of furan rings is 2. The summed E-state index contributed by atoms with van der Waals surface area (Å²) in [5, 5.41) is 9.33. The van der Waals surface area contributed by atoms with Crippen molar-refractivity contribution in [1.82, 2.24) is 29.1 Å². The molecule has 2 aliphatic carbocycles. The molecule has 0 unspecified atom stereocenters. The third kappa shape index (κ3) is 9.47. The first-order chi connectivity index (χ1) is 52.1. The second-order valence-electron chi connectivity index (χ2n) is 29.2. The molecule has 22 rings (SSSR count). The molecule has 500 valence electrons. The molecule has 12 aromatic carbocycles. The lowest BCUT2D eigenvalue weighted by Crippen LogP contribution is -2.14. The molecular formula is C98H66N6O2. The first-order valence-corrected chi connectivity index (χ1v) is 36.3. The van der Waals surface area contributed by atoms with E-state index in [9.17, 15) is 0 Å². The Labute approximate surface area is 611 Å². The summed E-state index contributed by atoms with van der Waals surface area (Å²) in [4.78, 5) is 19.5. The Morgan fingerprint density at radius 1 is 0.245 bits per heavy atom. The number of benzene rings is 12. The Hall–Kier alpha value is -13.6. The van der Waals surface area contributed by atoms with Gasteiger partial charge in [-0.3, -0.25) is 9.97 Å². The number of pyridine rings is 4. The van der Waals surface area contributed by atoms with Crippen LogP contribution in [-0.4, -0.2) is 29.1 Å². The lowest BCUT2D eigenvalue weighted by molar-refractivity contribution is 0.661. The highest BCUT2D eigenvalue weighted by atomic mass is 16.3. The van der Waals surface area contributed by atoms with Crippen LogP contribution in [0, 0.1) is 0 Å². The van der Waals surface area contributed by atoms with Gasteiger partial charge in [0.25, 0.3) is 0 Å². The van der Waals surface area contributed by atoms with E-state index < -0.39 is 0 Å². The van der Waals surface area contributed by atoms with Crippen LogP contribution in [0.2, 0.25) is 0 Å². The lowest BCUT2D eigenvalue weighted by atomic mass is 9.82. The van der Waals surface area contributed by atoms with Gasteiger partial charge in [0.2, 0.25) is 0 Å². The van der Waals surface area contributed by atoms with Crippen molar-refractivity contribution in [3.05, 3.63) is 350 Å². The summed E-state index contributed by atoms with van der Waals surface area (Å²) in [5.41, 5.74) is 32.4. The maximum atomic E-state index is 6.75. The summed E-state index contributed by atoms with van der Waals surface area (Å²) in [6, 6.07) is 112. The van der Waals surface area contributed by atoms with Gasteiger partial charge in [-0.25, -0.2) is 9.97 Å². The van der Waals surface area contributed by atoms with E-state index in [2.05, 4.69) is 320 Å². The fraction of sp³-hybridized carbons (Fsp3) is 0.0612. The average molecular weight is 1360 g/mol. The predicted octanol–water partition coefficient (Wildman–Crippen LogP) is 25.6. The maximum Gasteiger partial charge on any atom is 0.144 e. The van der Waals surface area contributed by atoms with Crippen molar-refractivity contribution in [2.24, 2.45) is 0 Å². The molecule has 8 heterocycles. The Bertz CT molecular complexity index is 6460. The fourth-order valence-electron chi connectivity index (χ4n) is 17.4. The highest BCUT2D eigenvalue weighted by molar-refractivity contribution is 6.16. The maximum absolute atomic E-state index is 6.75. The standard InChI is InChI=1S/C50H34N2O.C48H32N4O/c1-50(2)42-22-11-9-18-35(42)39-29-40-36-19-10-12-23-46(36)52(47(40)30-43(39)50)34-24-25-48-41(28-34)37-20-13-21-38(49(37)53-48)45-27-33(31-14-5-3-6-15-31)26-44(51-45)32-16-7-4-8-17-32;1-48(2)38-16-5-3-12-32(38)35-27-36-33-13-4-6-19-44(33)52(45(36)28-39(35)48)30-20-21-46-37(26-30)34-15-11-14-31(47(34)53-46)29-24-42(40-17-7-9-22-49-40)51-43(25-29)41-18-8-10-23-50-41/h3-30H,1-2H3;3-28H,1-2H3. The molecule has 0 fully saturated rings. The highest BCUT2D eigenvalue weighted by Crippen LogP contribution is 2.54. The SMILES string of the molecule is CC1(C)c2ccccc2-c2cc3c4ccccc4n(-c4ccc5oc6c(-c7cc(-c8ccccc8)cc(-c8ccccc8)n7)cccc6c5c4)c3cc21.CC1(C)c2ccccc2-c2cc3c4ccccc4n(-c4ccc5oc6c(-c7cc(-c8ccccn8)nc(-c8ccccn8)c7)cccc6c5c4)c3cc21. The van der Waals surface area contributed by atoms with Gasteiger partial charge in [0, 0.05) is 94.4 Å². The Morgan fingerprint density at radius 3 is 1.20 bits per heavy atom.